The maximum atomic E-state index is 4.65. The van der Waals surface area contributed by atoms with Crippen LogP contribution in [0.1, 0.15) is 11.3 Å². The van der Waals surface area contributed by atoms with Crippen LogP contribution in [-0.4, -0.2) is 4.98 Å². The molecule has 1 aromatic carbocycles. The number of hydrogen-bond donors (Lipinski definition) is 1. The number of anilines is 1. The van der Waals surface area contributed by atoms with E-state index in [0.717, 1.165) is 22.9 Å². The molecule has 1 N–H and O–H groups in total. The Morgan fingerprint density at radius 3 is 2.68 bits per heavy atom. The van der Waals surface area contributed by atoms with Crippen LogP contribution in [-0.2, 0) is 6.54 Å². The Morgan fingerprint density at radius 2 is 1.95 bits per heavy atom. The van der Waals surface area contributed by atoms with E-state index >= 15 is 0 Å². The lowest BCUT2D eigenvalue weighted by Gasteiger charge is -2.04. The Hall–Kier alpha value is -1.65. The summed E-state index contributed by atoms with van der Waals surface area (Å²) >= 11 is 3.44. The molecule has 0 aliphatic carbocycles. The summed E-state index contributed by atoms with van der Waals surface area (Å²) in [5, 5.41) is 8.71. The highest BCUT2D eigenvalue weighted by molar-refractivity contribution is 7.20. The molecule has 0 amide bonds. The predicted molar refractivity (Wildman–Crippen MR) is 83.9 cm³/mol. The Kier molecular flexibility index (Phi) is 3.62. The molecule has 2 aromatic heterocycles. The third kappa shape index (κ3) is 3.03. The number of aromatic nitrogens is 1. The summed E-state index contributed by atoms with van der Waals surface area (Å²) in [7, 11) is 0. The van der Waals surface area contributed by atoms with Gasteiger partial charge in [-0.1, -0.05) is 23.8 Å². The van der Waals surface area contributed by atoms with E-state index in [1.807, 2.05) is 0 Å². The molecular formula is C15H14N2S2. The quantitative estimate of drug-likeness (QED) is 0.745. The SMILES string of the molecule is Cc1ccc(NCc2csc(-c3cccs3)n2)cc1. The van der Waals surface area contributed by atoms with E-state index < -0.39 is 0 Å². The monoisotopic (exact) mass is 286 g/mol. The fourth-order valence-corrected chi connectivity index (χ4v) is 3.40. The largest absolute Gasteiger partial charge is 0.379 e. The molecule has 0 fully saturated rings. The first-order valence-electron chi connectivity index (χ1n) is 6.10. The fraction of sp³-hybridized carbons (Fsp3) is 0.133. The molecule has 0 aliphatic heterocycles. The van der Waals surface area contributed by atoms with Crippen LogP contribution in [0.25, 0.3) is 9.88 Å². The van der Waals surface area contributed by atoms with Crippen molar-refractivity contribution in [1.82, 2.24) is 4.98 Å². The van der Waals surface area contributed by atoms with Gasteiger partial charge in [-0.15, -0.1) is 22.7 Å². The molecule has 96 valence electrons. The molecular weight excluding hydrogens is 272 g/mol. The van der Waals surface area contributed by atoms with Gasteiger partial charge < -0.3 is 5.32 Å². The van der Waals surface area contributed by atoms with Crippen molar-refractivity contribution in [1.29, 1.82) is 0 Å². The highest BCUT2D eigenvalue weighted by Crippen LogP contribution is 2.27. The van der Waals surface area contributed by atoms with Crippen molar-refractivity contribution in [2.45, 2.75) is 13.5 Å². The first-order chi connectivity index (χ1) is 9.31. The zero-order valence-electron chi connectivity index (χ0n) is 10.6. The van der Waals surface area contributed by atoms with Gasteiger partial charge in [-0.2, -0.15) is 0 Å². The molecule has 2 heterocycles. The van der Waals surface area contributed by atoms with Crippen molar-refractivity contribution in [3.8, 4) is 9.88 Å². The summed E-state index contributed by atoms with van der Waals surface area (Å²) in [6.07, 6.45) is 0. The molecule has 0 spiro atoms. The average molecular weight is 286 g/mol. The number of nitrogens with zero attached hydrogens (tertiary/aromatic N) is 1. The van der Waals surface area contributed by atoms with Crippen LogP contribution in [0.5, 0.6) is 0 Å². The minimum absolute atomic E-state index is 0.769. The average Bonchev–Trinajstić information content (AvgIpc) is 3.09. The smallest absolute Gasteiger partial charge is 0.133 e. The van der Waals surface area contributed by atoms with E-state index in [4.69, 9.17) is 0 Å². The molecule has 3 rings (SSSR count). The minimum Gasteiger partial charge on any atom is -0.379 e. The Morgan fingerprint density at radius 1 is 1.11 bits per heavy atom. The molecule has 0 radical (unpaired) electrons. The second-order valence-corrected chi connectivity index (χ2v) is 6.15. The molecule has 0 aliphatic rings. The second-order valence-electron chi connectivity index (χ2n) is 4.34. The van der Waals surface area contributed by atoms with Gasteiger partial charge in [-0.3, -0.25) is 0 Å². The number of rotatable bonds is 4. The first-order valence-corrected chi connectivity index (χ1v) is 7.86. The fourth-order valence-electron chi connectivity index (χ4n) is 1.77. The Labute approximate surface area is 120 Å². The van der Waals surface area contributed by atoms with Crippen LogP contribution in [0.2, 0.25) is 0 Å². The molecule has 2 nitrogen and oxygen atoms in total. The van der Waals surface area contributed by atoms with Crippen LogP contribution in [0.4, 0.5) is 5.69 Å². The highest BCUT2D eigenvalue weighted by Gasteiger charge is 2.05. The topological polar surface area (TPSA) is 24.9 Å². The number of aryl methyl sites for hydroxylation is 1. The number of benzene rings is 1. The summed E-state index contributed by atoms with van der Waals surface area (Å²) in [5.74, 6) is 0. The van der Waals surface area contributed by atoms with Crippen molar-refractivity contribution in [2.24, 2.45) is 0 Å². The summed E-state index contributed by atoms with van der Waals surface area (Å²) < 4.78 is 0. The van der Waals surface area contributed by atoms with Gasteiger partial charge in [0, 0.05) is 11.1 Å². The van der Waals surface area contributed by atoms with Crippen LogP contribution in [0.15, 0.2) is 47.2 Å². The lowest BCUT2D eigenvalue weighted by atomic mass is 10.2. The van der Waals surface area contributed by atoms with E-state index in [-0.39, 0.29) is 0 Å². The molecule has 0 bridgehead atoms. The number of nitrogens with one attached hydrogen (secondary N) is 1. The lowest BCUT2D eigenvalue weighted by Crippen LogP contribution is -1.99. The number of thiophene rings is 1. The summed E-state index contributed by atoms with van der Waals surface area (Å²) in [4.78, 5) is 5.89. The van der Waals surface area contributed by atoms with Crippen molar-refractivity contribution >= 4 is 28.4 Å². The van der Waals surface area contributed by atoms with Gasteiger partial charge in [-0.25, -0.2) is 4.98 Å². The molecule has 0 saturated heterocycles. The third-order valence-electron chi connectivity index (χ3n) is 2.81. The number of hydrogen-bond acceptors (Lipinski definition) is 4. The molecule has 0 atom stereocenters. The van der Waals surface area contributed by atoms with E-state index in [2.05, 4.69) is 64.4 Å². The van der Waals surface area contributed by atoms with Crippen molar-refractivity contribution in [3.63, 3.8) is 0 Å². The first kappa shape index (κ1) is 12.4. The molecule has 4 heteroatoms. The normalized spacial score (nSPS) is 10.6. The van der Waals surface area contributed by atoms with Gasteiger partial charge in [0.15, 0.2) is 0 Å². The van der Waals surface area contributed by atoms with Crippen LogP contribution in [0, 0.1) is 6.92 Å². The van der Waals surface area contributed by atoms with Gasteiger partial charge >= 0.3 is 0 Å². The Balaban J connectivity index is 1.66. The molecule has 19 heavy (non-hydrogen) atoms. The van der Waals surface area contributed by atoms with Gasteiger partial charge in [0.2, 0.25) is 0 Å². The standard InChI is InChI=1S/C15H14N2S2/c1-11-4-6-12(7-5-11)16-9-13-10-19-15(17-13)14-3-2-8-18-14/h2-8,10,16H,9H2,1H3. The summed E-state index contributed by atoms with van der Waals surface area (Å²) in [6, 6.07) is 12.6. The summed E-state index contributed by atoms with van der Waals surface area (Å²) in [5.41, 5.74) is 3.50. The van der Waals surface area contributed by atoms with Gasteiger partial charge in [0.1, 0.15) is 5.01 Å². The maximum Gasteiger partial charge on any atom is 0.133 e. The van der Waals surface area contributed by atoms with Crippen molar-refractivity contribution in [3.05, 3.63) is 58.4 Å². The van der Waals surface area contributed by atoms with E-state index in [1.54, 1.807) is 22.7 Å². The Bertz CT molecular complexity index is 639. The van der Waals surface area contributed by atoms with Crippen LogP contribution < -0.4 is 5.32 Å². The maximum absolute atomic E-state index is 4.65. The van der Waals surface area contributed by atoms with Crippen LogP contribution >= 0.6 is 22.7 Å². The molecule has 0 saturated carbocycles. The highest BCUT2D eigenvalue weighted by atomic mass is 32.1. The van der Waals surface area contributed by atoms with E-state index in [9.17, 15) is 0 Å². The van der Waals surface area contributed by atoms with Gasteiger partial charge in [0.25, 0.3) is 0 Å². The van der Waals surface area contributed by atoms with E-state index in [0.29, 0.717) is 0 Å². The van der Waals surface area contributed by atoms with Gasteiger partial charge in [0.05, 0.1) is 17.1 Å². The van der Waals surface area contributed by atoms with E-state index in [1.165, 1.54) is 10.4 Å². The lowest BCUT2D eigenvalue weighted by molar-refractivity contribution is 1.08. The van der Waals surface area contributed by atoms with Crippen molar-refractivity contribution in [2.75, 3.05) is 5.32 Å². The molecule has 3 aromatic rings. The zero-order chi connectivity index (χ0) is 13.1. The third-order valence-corrected chi connectivity index (χ3v) is 4.74. The zero-order valence-corrected chi connectivity index (χ0v) is 12.2. The minimum atomic E-state index is 0.769. The predicted octanol–water partition coefficient (Wildman–Crippen LogP) is 4.79. The second kappa shape index (κ2) is 5.55. The molecule has 0 unspecified atom stereocenters. The van der Waals surface area contributed by atoms with Crippen molar-refractivity contribution < 1.29 is 0 Å². The number of thiazole rings is 1. The van der Waals surface area contributed by atoms with Gasteiger partial charge in [-0.05, 0) is 30.5 Å². The van der Waals surface area contributed by atoms with Crippen LogP contribution in [0.3, 0.4) is 0 Å². The summed E-state index contributed by atoms with van der Waals surface area (Å²) in [6.45, 7) is 2.86.